The van der Waals surface area contributed by atoms with Crippen LogP contribution in [0.3, 0.4) is 0 Å². The van der Waals surface area contributed by atoms with E-state index in [0.717, 1.165) is 36.7 Å². The number of rotatable bonds is 4. The van der Waals surface area contributed by atoms with E-state index in [2.05, 4.69) is 15.3 Å². The molecule has 168 valence electrons. The summed E-state index contributed by atoms with van der Waals surface area (Å²) in [5, 5.41) is 3.59. The first kappa shape index (κ1) is 22.3. The van der Waals surface area contributed by atoms with Crippen molar-refractivity contribution in [2.24, 2.45) is 10.9 Å². The largest absolute Gasteiger partial charge is 0.354 e. The zero-order valence-electron chi connectivity index (χ0n) is 18.1. The first-order valence-corrected chi connectivity index (χ1v) is 11.2. The Morgan fingerprint density at radius 3 is 2.47 bits per heavy atom. The molecular weight excluding hydrogens is 431 g/mol. The van der Waals surface area contributed by atoms with E-state index in [9.17, 15) is 14.0 Å². The van der Waals surface area contributed by atoms with Gasteiger partial charge in [0.25, 0.3) is 5.91 Å². The molecule has 3 aromatic rings. The third kappa shape index (κ3) is 4.78. The van der Waals surface area contributed by atoms with Crippen LogP contribution >= 0.6 is 11.6 Å². The fraction of sp³-hybridized carbons (Fsp3) is 0.375. The Labute approximate surface area is 190 Å². The highest BCUT2D eigenvalue weighted by Gasteiger charge is 2.29. The molecule has 0 spiro atoms. The second kappa shape index (κ2) is 9.28. The van der Waals surface area contributed by atoms with Crippen molar-refractivity contribution in [3.8, 4) is 0 Å². The maximum absolute atomic E-state index is 13.2. The van der Waals surface area contributed by atoms with Crippen LogP contribution in [0, 0.1) is 11.7 Å². The fourth-order valence-corrected chi connectivity index (χ4v) is 4.47. The molecule has 4 rings (SSSR count). The summed E-state index contributed by atoms with van der Waals surface area (Å²) in [6.45, 7) is 3.92. The van der Waals surface area contributed by atoms with Crippen molar-refractivity contribution >= 4 is 34.4 Å². The Morgan fingerprint density at radius 1 is 1.12 bits per heavy atom. The lowest BCUT2D eigenvalue weighted by Gasteiger charge is -2.29. The highest BCUT2D eigenvalue weighted by atomic mass is 35.5. The zero-order chi connectivity index (χ0) is 22.8. The predicted molar refractivity (Wildman–Crippen MR) is 122 cm³/mol. The maximum atomic E-state index is 13.2. The third-order valence-electron chi connectivity index (χ3n) is 5.86. The fourth-order valence-electron chi connectivity index (χ4n) is 4.31. The summed E-state index contributed by atoms with van der Waals surface area (Å²) in [6.07, 6.45) is 3.09. The monoisotopic (exact) mass is 456 g/mol. The molecule has 32 heavy (non-hydrogen) atoms. The zero-order valence-corrected chi connectivity index (χ0v) is 18.8. The molecule has 0 aliphatic heterocycles. The average Bonchev–Trinajstić information content (AvgIpc) is 3.10. The minimum Gasteiger partial charge on any atom is -0.354 e. The van der Waals surface area contributed by atoms with Crippen molar-refractivity contribution in [3.05, 3.63) is 64.5 Å². The van der Waals surface area contributed by atoms with Gasteiger partial charge in [-0.05, 0) is 82.0 Å². The van der Waals surface area contributed by atoms with Crippen molar-refractivity contribution in [2.45, 2.75) is 51.6 Å². The Balaban J connectivity index is 1.68. The van der Waals surface area contributed by atoms with Gasteiger partial charge in [-0.25, -0.2) is 4.39 Å². The van der Waals surface area contributed by atoms with Crippen molar-refractivity contribution in [2.75, 3.05) is 0 Å². The normalized spacial score (nSPS) is 19.5. The highest BCUT2D eigenvalue weighted by Crippen LogP contribution is 2.33. The van der Waals surface area contributed by atoms with Crippen molar-refractivity contribution in [3.63, 3.8) is 0 Å². The number of carbonyl (C=O) groups is 2. The highest BCUT2D eigenvalue weighted by molar-refractivity contribution is 6.31. The third-order valence-corrected chi connectivity index (χ3v) is 6.09. The number of hydrogen-bond donors (Lipinski definition) is 2. The molecule has 1 heterocycles. The van der Waals surface area contributed by atoms with Crippen molar-refractivity contribution in [1.29, 1.82) is 0 Å². The molecule has 0 unspecified atom stereocenters. The van der Waals surface area contributed by atoms with Crippen molar-refractivity contribution < 1.29 is 14.0 Å². The van der Waals surface area contributed by atoms with Gasteiger partial charge in [0.05, 0.1) is 11.0 Å². The van der Waals surface area contributed by atoms with E-state index in [1.54, 1.807) is 6.07 Å². The van der Waals surface area contributed by atoms with Crippen LogP contribution in [0.15, 0.2) is 47.5 Å². The molecule has 0 atom stereocenters. The summed E-state index contributed by atoms with van der Waals surface area (Å²) in [4.78, 5) is 32.7. The van der Waals surface area contributed by atoms with Crippen LogP contribution in [0.25, 0.3) is 11.0 Å². The number of nitrogens with one attached hydrogen (secondary N) is 2. The Hall–Kier alpha value is -2.93. The van der Waals surface area contributed by atoms with Crippen LogP contribution in [0.2, 0.25) is 5.02 Å². The molecule has 6 nitrogen and oxygen atoms in total. The van der Waals surface area contributed by atoms with E-state index >= 15 is 0 Å². The van der Waals surface area contributed by atoms with Gasteiger partial charge in [0.1, 0.15) is 5.82 Å². The first-order chi connectivity index (χ1) is 15.3. The molecule has 2 aromatic carbocycles. The number of carbonyl (C=O) groups excluding carboxylic acids is 2. The molecule has 1 aliphatic rings. The van der Waals surface area contributed by atoms with Crippen LogP contribution in [-0.2, 0) is 4.79 Å². The number of halogens is 2. The molecule has 1 aromatic heterocycles. The summed E-state index contributed by atoms with van der Waals surface area (Å²) in [7, 11) is 0. The van der Waals surface area contributed by atoms with E-state index in [1.807, 2.05) is 30.5 Å². The number of nitrogens with zero attached hydrogens (tertiary/aromatic N) is 2. The molecular formula is C24H26ClFN4O2. The molecule has 0 saturated heterocycles. The summed E-state index contributed by atoms with van der Waals surface area (Å²) in [5.74, 6) is -0.775. The van der Waals surface area contributed by atoms with Gasteiger partial charge >= 0.3 is 0 Å². The maximum Gasteiger partial charge on any atom is 0.280 e. The number of imidazole rings is 1. The molecule has 1 fully saturated rings. The molecule has 2 amide bonds. The summed E-state index contributed by atoms with van der Waals surface area (Å²) < 4.78 is 15.2. The van der Waals surface area contributed by atoms with Crippen LogP contribution in [0.4, 0.5) is 4.39 Å². The number of aromatic amines is 1. The van der Waals surface area contributed by atoms with Crippen LogP contribution in [0.5, 0.6) is 0 Å². The molecule has 1 aliphatic carbocycles. The van der Waals surface area contributed by atoms with Gasteiger partial charge < -0.3 is 14.9 Å². The van der Waals surface area contributed by atoms with Gasteiger partial charge in [-0.3, -0.25) is 9.59 Å². The van der Waals surface area contributed by atoms with Crippen molar-refractivity contribution in [1.82, 2.24) is 14.9 Å². The molecule has 0 bridgehead atoms. The molecule has 0 radical (unpaired) electrons. The van der Waals surface area contributed by atoms with Gasteiger partial charge in [-0.15, -0.1) is 0 Å². The lowest BCUT2D eigenvalue weighted by Crippen LogP contribution is -2.38. The van der Waals surface area contributed by atoms with Crippen LogP contribution in [0.1, 0.15) is 55.9 Å². The van der Waals surface area contributed by atoms with Crippen LogP contribution < -0.4 is 10.9 Å². The lowest BCUT2D eigenvalue weighted by atomic mass is 9.85. The SMILES string of the molecule is CC(C)NC(=O)[C@H]1CC[C@@H](n2/c(=N/C(=O)c3ccc(F)cc3)[nH]c3ccc(Cl)cc32)CC1. The Kier molecular flexibility index (Phi) is 6.46. The quantitative estimate of drug-likeness (QED) is 0.593. The number of aromatic nitrogens is 2. The van der Waals surface area contributed by atoms with E-state index in [4.69, 9.17) is 11.6 Å². The van der Waals surface area contributed by atoms with Gasteiger partial charge in [-0.2, -0.15) is 4.99 Å². The number of fused-ring (bicyclic) bond motifs is 1. The summed E-state index contributed by atoms with van der Waals surface area (Å²) in [5.41, 5.74) is 2.41. The Morgan fingerprint density at radius 2 is 1.81 bits per heavy atom. The number of hydrogen-bond acceptors (Lipinski definition) is 2. The van der Waals surface area contributed by atoms with Gasteiger partial charge in [0.15, 0.2) is 0 Å². The molecule has 8 heteroatoms. The standard InChI is InChI=1S/C24H26ClFN4O2/c1-14(2)27-22(31)16-5-10-19(11-6-16)30-21-13-17(25)7-12-20(21)28-24(30)29-23(32)15-3-8-18(26)9-4-15/h3-4,7-9,12-14,16,19H,5-6,10-11H2,1-2H3,(H,27,31)(H,28,29,32)/t16-,19+. The van der Waals surface area contributed by atoms with E-state index in [-0.39, 0.29) is 23.9 Å². The lowest BCUT2D eigenvalue weighted by molar-refractivity contribution is -0.126. The molecule has 2 N–H and O–H groups in total. The molecule has 1 saturated carbocycles. The smallest absolute Gasteiger partial charge is 0.280 e. The van der Waals surface area contributed by atoms with E-state index in [1.165, 1.54) is 24.3 Å². The van der Waals surface area contributed by atoms with Crippen LogP contribution in [-0.4, -0.2) is 27.4 Å². The Bertz CT molecular complexity index is 1200. The van der Waals surface area contributed by atoms with Gasteiger partial charge in [-0.1, -0.05) is 11.6 Å². The van der Waals surface area contributed by atoms with E-state index in [0.29, 0.717) is 16.2 Å². The minimum absolute atomic E-state index is 0.00993. The van der Waals surface area contributed by atoms with Gasteiger partial charge in [0, 0.05) is 28.6 Å². The first-order valence-electron chi connectivity index (χ1n) is 10.9. The number of H-pyrrole nitrogens is 1. The summed E-state index contributed by atoms with van der Waals surface area (Å²) in [6, 6.07) is 11.0. The minimum atomic E-state index is -0.457. The summed E-state index contributed by atoms with van der Waals surface area (Å²) >= 11 is 6.26. The predicted octanol–water partition coefficient (Wildman–Crippen LogP) is 4.76. The second-order valence-corrected chi connectivity index (χ2v) is 9.01. The average molecular weight is 457 g/mol. The van der Waals surface area contributed by atoms with Gasteiger partial charge in [0.2, 0.25) is 11.5 Å². The number of benzene rings is 2. The van der Waals surface area contributed by atoms with E-state index < -0.39 is 11.7 Å². The topological polar surface area (TPSA) is 79.2 Å². The number of amides is 2. The second-order valence-electron chi connectivity index (χ2n) is 8.57.